The van der Waals surface area contributed by atoms with Gasteiger partial charge in [-0.15, -0.1) is 0 Å². The molecule has 2 N–H and O–H groups in total. The van der Waals surface area contributed by atoms with Crippen LogP contribution in [0.4, 0.5) is 4.39 Å². The van der Waals surface area contributed by atoms with Crippen LogP contribution in [0, 0.1) is 12.7 Å². The molecule has 0 spiro atoms. The number of hydrogen-bond donors (Lipinski definition) is 1. The summed E-state index contributed by atoms with van der Waals surface area (Å²) in [6.45, 7) is 3.78. The average molecular weight is 235 g/mol. The second-order valence-electron chi connectivity index (χ2n) is 3.88. The Morgan fingerprint density at radius 1 is 1.47 bits per heavy atom. The summed E-state index contributed by atoms with van der Waals surface area (Å²) in [7, 11) is 0. The van der Waals surface area contributed by atoms with Crippen LogP contribution in [0.1, 0.15) is 35.8 Å². The van der Waals surface area contributed by atoms with Crippen LogP contribution in [-0.2, 0) is 6.42 Å². The third kappa shape index (κ3) is 2.34. The highest BCUT2D eigenvalue weighted by Crippen LogP contribution is 2.21. The van der Waals surface area contributed by atoms with E-state index in [4.69, 9.17) is 10.3 Å². The van der Waals surface area contributed by atoms with Crippen molar-refractivity contribution in [2.75, 3.05) is 0 Å². The van der Waals surface area contributed by atoms with Gasteiger partial charge in [0.05, 0.1) is 6.04 Å². The minimum absolute atomic E-state index is 0.319. The number of hydrogen-bond acceptors (Lipinski definition) is 4. The molecule has 17 heavy (non-hydrogen) atoms. The fourth-order valence-electron chi connectivity index (χ4n) is 1.62. The first-order valence-electron chi connectivity index (χ1n) is 5.46. The Balaban J connectivity index is 2.35. The molecule has 0 amide bonds. The van der Waals surface area contributed by atoms with E-state index < -0.39 is 6.04 Å². The van der Waals surface area contributed by atoms with E-state index in [0.29, 0.717) is 23.7 Å². The summed E-state index contributed by atoms with van der Waals surface area (Å²) in [4.78, 5) is 4.15. The summed E-state index contributed by atoms with van der Waals surface area (Å²) < 4.78 is 18.2. The molecule has 0 aliphatic rings. The third-order valence-corrected chi connectivity index (χ3v) is 2.64. The molecule has 5 heteroatoms. The van der Waals surface area contributed by atoms with Crippen LogP contribution in [0.25, 0.3) is 0 Å². The molecule has 0 fully saturated rings. The van der Waals surface area contributed by atoms with Crippen molar-refractivity contribution < 1.29 is 8.91 Å². The predicted molar refractivity (Wildman–Crippen MR) is 60.8 cm³/mol. The highest BCUT2D eigenvalue weighted by molar-refractivity contribution is 5.32. The van der Waals surface area contributed by atoms with Gasteiger partial charge in [-0.05, 0) is 30.2 Å². The molecule has 0 aliphatic carbocycles. The Kier molecular flexibility index (Phi) is 3.19. The SMILES string of the molecule is CCc1nc(C(N)c2cc(F)ccc2C)no1. The minimum atomic E-state index is -0.560. The third-order valence-electron chi connectivity index (χ3n) is 2.64. The maximum Gasteiger partial charge on any atom is 0.226 e. The number of rotatable bonds is 3. The van der Waals surface area contributed by atoms with Crippen molar-refractivity contribution in [2.24, 2.45) is 5.73 Å². The molecule has 0 saturated carbocycles. The molecule has 1 atom stereocenters. The summed E-state index contributed by atoms with van der Waals surface area (Å²) in [5.41, 5.74) is 7.58. The van der Waals surface area contributed by atoms with E-state index >= 15 is 0 Å². The zero-order chi connectivity index (χ0) is 12.4. The monoisotopic (exact) mass is 235 g/mol. The lowest BCUT2D eigenvalue weighted by molar-refractivity contribution is 0.375. The number of nitrogens with two attached hydrogens (primary N) is 1. The Morgan fingerprint density at radius 3 is 2.88 bits per heavy atom. The van der Waals surface area contributed by atoms with E-state index in [1.165, 1.54) is 12.1 Å². The van der Waals surface area contributed by atoms with Crippen LogP contribution in [0.2, 0.25) is 0 Å². The van der Waals surface area contributed by atoms with Gasteiger partial charge in [0.25, 0.3) is 0 Å². The molecule has 90 valence electrons. The van der Waals surface area contributed by atoms with Crippen molar-refractivity contribution in [3.63, 3.8) is 0 Å². The van der Waals surface area contributed by atoms with E-state index in [1.807, 2.05) is 13.8 Å². The van der Waals surface area contributed by atoms with Crippen molar-refractivity contribution in [1.29, 1.82) is 0 Å². The largest absolute Gasteiger partial charge is 0.339 e. The van der Waals surface area contributed by atoms with Gasteiger partial charge in [-0.1, -0.05) is 18.1 Å². The number of aromatic nitrogens is 2. The summed E-state index contributed by atoms with van der Waals surface area (Å²) in [6, 6.07) is 3.93. The standard InChI is InChI=1S/C12H14FN3O/c1-3-10-15-12(16-17-10)11(14)9-6-8(13)5-4-7(9)2/h4-6,11H,3,14H2,1-2H3. The lowest BCUT2D eigenvalue weighted by Gasteiger charge is -2.10. The summed E-state index contributed by atoms with van der Waals surface area (Å²) in [5.74, 6) is 0.598. The van der Waals surface area contributed by atoms with Crippen molar-refractivity contribution in [3.05, 3.63) is 46.9 Å². The fraction of sp³-hybridized carbons (Fsp3) is 0.333. The molecule has 2 rings (SSSR count). The first-order chi connectivity index (χ1) is 8.11. The van der Waals surface area contributed by atoms with Crippen LogP contribution in [-0.4, -0.2) is 10.1 Å². The van der Waals surface area contributed by atoms with Crippen molar-refractivity contribution in [3.8, 4) is 0 Å². The van der Waals surface area contributed by atoms with Gasteiger partial charge in [-0.3, -0.25) is 0 Å². The number of halogens is 1. The van der Waals surface area contributed by atoms with Gasteiger partial charge in [-0.2, -0.15) is 4.98 Å². The van der Waals surface area contributed by atoms with Crippen molar-refractivity contribution >= 4 is 0 Å². The normalized spacial score (nSPS) is 12.7. The van der Waals surface area contributed by atoms with E-state index in [9.17, 15) is 4.39 Å². The number of nitrogens with zero attached hydrogens (tertiary/aromatic N) is 2. The van der Waals surface area contributed by atoms with Crippen LogP contribution < -0.4 is 5.73 Å². The lowest BCUT2D eigenvalue weighted by Crippen LogP contribution is -2.15. The molecule has 2 aromatic rings. The van der Waals surface area contributed by atoms with Crippen molar-refractivity contribution in [2.45, 2.75) is 26.3 Å². The average Bonchev–Trinajstić information content (AvgIpc) is 2.80. The Bertz CT molecular complexity index is 524. The van der Waals surface area contributed by atoms with Gasteiger partial charge < -0.3 is 10.3 Å². The van der Waals surface area contributed by atoms with E-state index in [-0.39, 0.29) is 5.82 Å². The van der Waals surface area contributed by atoms with Crippen LogP contribution in [0.3, 0.4) is 0 Å². The Labute approximate surface area is 98.6 Å². The van der Waals surface area contributed by atoms with Gasteiger partial charge in [0.2, 0.25) is 5.89 Å². The molecule has 0 saturated heterocycles. The first kappa shape index (κ1) is 11.7. The molecule has 1 aromatic heterocycles. The zero-order valence-electron chi connectivity index (χ0n) is 9.77. The topological polar surface area (TPSA) is 64.9 Å². The van der Waals surface area contributed by atoms with E-state index in [0.717, 1.165) is 5.56 Å². The predicted octanol–water partition coefficient (Wildman–Crippen LogP) is 2.13. The van der Waals surface area contributed by atoms with E-state index in [1.54, 1.807) is 6.07 Å². The number of aryl methyl sites for hydroxylation is 2. The number of benzene rings is 1. The maximum atomic E-state index is 13.2. The van der Waals surface area contributed by atoms with Gasteiger partial charge >= 0.3 is 0 Å². The smallest absolute Gasteiger partial charge is 0.226 e. The minimum Gasteiger partial charge on any atom is -0.339 e. The molecule has 1 unspecified atom stereocenters. The zero-order valence-corrected chi connectivity index (χ0v) is 9.77. The molecule has 1 aromatic carbocycles. The molecular weight excluding hydrogens is 221 g/mol. The maximum absolute atomic E-state index is 13.2. The molecular formula is C12H14FN3O. The van der Waals surface area contributed by atoms with Gasteiger partial charge in [0.1, 0.15) is 5.82 Å². The summed E-state index contributed by atoms with van der Waals surface area (Å²) in [5, 5.41) is 3.80. The second kappa shape index (κ2) is 4.63. The molecule has 1 heterocycles. The fourth-order valence-corrected chi connectivity index (χ4v) is 1.62. The van der Waals surface area contributed by atoms with Crippen LogP contribution in [0.15, 0.2) is 22.7 Å². The molecule has 0 aliphatic heterocycles. The molecule has 0 bridgehead atoms. The van der Waals surface area contributed by atoms with Gasteiger partial charge in [0, 0.05) is 6.42 Å². The van der Waals surface area contributed by atoms with Crippen LogP contribution in [0.5, 0.6) is 0 Å². The lowest BCUT2D eigenvalue weighted by atomic mass is 10.0. The second-order valence-corrected chi connectivity index (χ2v) is 3.88. The molecule has 4 nitrogen and oxygen atoms in total. The van der Waals surface area contributed by atoms with Gasteiger partial charge in [-0.25, -0.2) is 4.39 Å². The first-order valence-corrected chi connectivity index (χ1v) is 5.46. The van der Waals surface area contributed by atoms with Crippen molar-refractivity contribution in [1.82, 2.24) is 10.1 Å². The summed E-state index contributed by atoms with van der Waals surface area (Å²) in [6.07, 6.45) is 0.655. The quantitative estimate of drug-likeness (QED) is 0.885. The van der Waals surface area contributed by atoms with Crippen LogP contribution >= 0.6 is 0 Å². The highest BCUT2D eigenvalue weighted by atomic mass is 19.1. The van der Waals surface area contributed by atoms with E-state index in [2.05, 4.69) is 10.1 Å². The summed E-state index contributed by atoms with van der Waals surface area (Å²) >= 11 is 0. The highest BCUT2D eigenvalue weighted by Gasteiger charge is 2.18. The Hall–Kier alpha value is -1.75. The van der Waals surface area contributed by atoms with Gasteiger partial charge in [0.15, 0.2) is 5.82 Å². The molecule has 0 radical (unpaired) electrons. The Morgan fingerprint density at radius 2 is 2.24 bits per heavy atom.